The first-order chi connectivity index (χ1) is 17.7. The lowest BCUT2D eigenvalue weighted by atomic mass is 10.0. The van der Waals surface area contributed by atoms with Crippen LogP contribution in [-0.4, -0.2) is 34.8 Å². The number of likely N-dealkylation sites (tertiary alicyclic amines) is 1. The fourth-order valence-corrected chi connectivity index (χ4v) is 4.59. The third-order valence-electron chi connectivity index (χ3n) is 6.68. The summed E-state index contributed by atoms with van der Waals surface area (Å²) in [6.45, 7) is 3.56. The molecule has 0 aromatic heterocycles. The first-order valence-corrected chi connectivity index (χ1v) is 12.4. The van der Waals surface area contributed by atoms with E-state index in [0.717, 1.165) is 22.4 Å². The summed E-state index contributed by atoms with van der Waals surface area (Å²) in [4.78, 5) is 39.5. The molecule has 3 aromatic carbocycles. The minimum atomic E-state index is -1.00. The first-order valence-electron chi connectivity index (χ1n) is 12.4. The molecule has 0 bridgehead atoms. The Morgan fingerprint density at radius 1 is 1.05 bits per heavy atom. The van der Waals surface area contributed by atoms with Crippen molar-refractivity contribution in [3.05, 3.63) is 83.4 Å². The molecular formula is C29H30F2N2O4. The Hall–Kier alpha value is -3.81. The highest BCUT2D eigenvalue weighted by Crippen LogP contribution is 2.25. The van der Waals surface area contributed by atoms with Crippen LogP contribution in [0, 0.1) is 17.6 Å². The molecule has 1 aliphatic rings. The number of nitrogens with zero attached hydrogens (tertiary/aromatic N) is 1. The summed E-state index contributed by atoms with van der Waals surface area (Å²) >= 11 is 0. The van der Waals surface area contributed by atoms with E-state index in [9.17, 15) is 23.2 Å². The van der Waals surface area contributed by atoms with Gasteiger partial charge in [0.15, 0.2) is 11.6 Å². The van der Waals surface area contributed by atoms with Gasteiger partial charge >= 0.3 is 5.97 Å². The van der Waals surface area contributed by atoms with Crippen molar-refractivity contribution in [2.75, 3.05) is 0 Å². The van der Waals surface area contributed by atoms with E-state index >= 15 is 0 Å². The second kappa shape index (κ2) is 11.5. The van der Waals surface area contributed by atoms with Crippen LogP contribution < -0.4 is 5.32 Å². The molecule has 8 heteroatoms. The molecule has 37 heavy (non-hydrogen) atoms. The first kappa shape index (κ1) is 26.3. The van der Waals surface area contributed by atoms with Crippen molar-refractivity contribution in [1.29, 1.82) is 0 Å². The van der Waals surface area contributed by atoms with Crippen molar-refractivity contribution in [1.82, 2.24) is 10.2 Å². The van der Waals surface area contributed by atoms with E-state index in [1.165, 1.54) is 17.0 Å². The maximum Gasteiger partial charge on any atom is 0.329 e. The van der Waals surface area contributed by atoms with Gasteiger partial charge in [-0.05, 0) is 40.8 Å². The van der Waals surface area contributed by atoms with Crippen molar-refractivity contribution in [2.24, 2.45) is 5.92 Å². The van der Waals surface area contributed by atoms with Crippen LogP contribution in [0.2, 0.25) is 0 Å². The molecule has 0 saturated carbocycles. The summed E-state index contributed by atoms with van der Waals surface area (Å²) in [5.41, 5.74) is 0.892. The number of esters is 1. The van der Waals surface area contributed by atoms with Crippen LogP contribution in [0.1, 0.15) is 44.2 Å². The predicted molar refractivity (Wildman–Crippen MR) is 135 cm³/mol. The molecule has 2 atom stereocenters. The van der Waals surface area contributed by atoms with Crippen LogP contribution in [0.5, 0.6) is 0 Å². The summed E-state index contributed by atoms with van der Waals surface area (Å²) in [5.74, 6) is -3.39. The zero-order valence-corrected chi connectivity index (χ0v) is 20.9. The Morgan fingerprint density at radius 2 is 1.81 bits per heavy atom. The van der Waals surface area contributed by atoms with Crippen LogP contribution in [0.15, 0.2) is 60.7 Å². The van der Waals surface area contributed by atoms with E-state index in [0.29, 0.717) is 6.42 Å². The molecule has 1 N–H and O–H groups in total. The largest absolute Gasteiger partial charge is 0.459 e. The Kier molecular flexibility index (Phi) is 8.16. The third-order valence-corrected chi connectivity index (χ3v) is 6.68. The number of fused-ring (bicyclic) bond motifs is 1. The molecule has 0 aliphatic carbocycles. The lowest BCUT2D eigenvalue weighted by Crippen LogP contribution is -2.47. The van der Waals surface area contributed by atoms with Gasteiger partial charge in [0.05, 0.1) is 0 Å². The highest BCUT2D eigenvalue weighted by molar-refractivity contribution is 5.86. The van der Waals surface area contributed by atoms with E-state index < -0.39 is 35.6 Å². The average molecular weight is 509 g/mol. The standard InChI is InChI=1S/C29H30F2N2O4/c1-18(2)28(29(36)37-17-19-10-11-20-6-3-4-7-21(20)14-19)32-25(34)15-23-12-13-26(35)33(23)16-22-8-5-9-24(30)27(22)31/h3-11,14,18,23,28H,12-13,15-17H2,1-2H3,(H,32,34)/t23-,28-/m0/s1. The number of carbonyl (C=O) groups is 3. The molecule has 3 aromatic rings. The van der Waals surface area contributed by atoms with Crippen molar-refractivity contribution in [2.45, 2.75) is 58.3 Å². The van der Waals surface area contributed by atoms with E-state index in [2.05, 4.69) is 5.32 Å². The highest BCUT2D eigenvalue weighted by Gasteiger charge is 2.34. The van der Waals surface area contributed by atoms with E-state index in [1.54, 1.807) is 13.8 Å². The van der Waals surface area contributed by atoms with Crippen molar-refractivity contribution >= 4 is 28.6 Å². The second-order valence-electron chi connectivity index (χ2n) is 9.71. The van der Waals surface area contributed by atoms with Crippen molar-refractivity contribution in [3.8, 4) is 0 Å². The van der Waals surface area contributed by atoms with Gasteiger partial charge in [0.25, 0.3) is 0 Å². The summed E-state index contributed by atoms with van der Waals surface area (Å²) in [6.07, 6.45) is 0.585. The summed E-state index contributed by atoms with van der Waals surface area (Å²) < 4.78 is 33.3. The fourth-order valence-electron chi connectivity index (χ4n) is 4.59. The Balaban J connectivity index is 1.36. The van der Waals surface area contributed by atoms with Gasteiger partial charge in [-0.15, -0.1) is 0 Å². The summed E-state index contributed by atoms with van der Waals surface area (Å²) in [6, 6.07) is 16.2. The van der Waals surface area contributed by atoms with Gasteiger partial charge in [0, 0.05) is 31.0 Å². The number of carbonyl (C=O) groups excluding carboxylic acids is 3. The molecule has 2 amide bonds. The molecule has 4 rings (SSSR count). The average Bonchev–Trinajstić information content (AvgIpc) is 3.22. The Morgan fingerprint density at radius 3 is 2.57 bits per heavy atom. The number of hydrogen-bond donors (Lipinski definition) is 1. The van der Waals surface area contributed by atoms with E-state index in [1.807, 2.05) is 42.5 Å². The van der Waals surface area contributed by atoms with Gasteiger partial charge in [0.2, 0.25) is 11.8 Å². The van der Waals surface area contributed by atoms with Gasteiger partial charge in [-0.1, -0.05) is 62.4 Å². The molecule has 1 aliphatic heterocycles. The number of rotatable bonds is 9. The Bertz CT molecular complexity index is 1310. The smallest absolute Gasteiger partial charge is 0.329 e. The Labute approximate surface area is 214 Å². The topological polar surface area (TPSA) is 75.7 Å². The number of halogens is 2. The highest BCUT2D eigenvalue weighted by atomic mass is 19.2. The minimum Gasteiger partial charge on any atom is -0.459 e. The lowest BCUT2D eigenvalue weighted by molar-refractivity contribution is -0.150. The third kappa shape index (κ3) is 6.31. The number of hydrogen-bond acceptors (Lipinski definition) is 4. The predicted octanol–water partition coefficient (Wildman–Crippen LogP) is 4.88. The van der Waals surface area contributed by atoms with Gasteiger partial charge in [-0.3, -0.25) is 9.59 Å². The monoisotopic (exact) mass is 508 g/mol. The summed E-state index contributed by atoms with van der Waals surface area (Å²) in [5, 5.41) is 4.87. The fraction of sp³-hybridized carbons (Fsp3) is 0.345. The van der Waals surface area contributed by atoms with Crippen LogP contribution >= 0.6 is 0 Å². The minimum absolute atomic E-state index is 0.0517. The molecule has 0 radical (unpaired) electrons. The zero-order chi connectivity index (χ0) is 26.5. The van der Waals surface area contributed by atoms with E-state index in [-0.39, 0.29) is 43.4 Å². The molecule has 0 spiro atoms. The molecule has 1 fully saturated rings. The molecule has 1 saturated heterocycles. The number of benzene rings is 3. The summed E-state index contributed by atoms with van der Waals surface area (Å²) in [7, 11) is 0. The molecule has 6 nitrogen and oxygen atoms in total. The number of amides is 2. The quantitative estimate of drug-likeness (QED) is 0.418. The van der Waals surface area contributed by atoms with Crippen LogP contribution in [0.25, 0.3) is 10.8 Å². The van der Waals surface area contributed by atoms with Crippen LogP contribution in [0.4, 0.5) is 8.78 Å². The van der Waals surface area contributed by atoms with Crippen LogP contribution in [0.3, 0.4) is 0 Å². The maximum atomic E-state index is 14.1. The maximum absolute atomic E-state index is 14.1. The molecule has 194 valence electrons. The molecule has 1 heterocycles. The van der Waals surface area contributed by atoms with Crippen molar-refractivity contribution < 1.29 is 27.9 Å². The zero-order valence-electron chi connectivity index (χ0n) is 20.9. The number of ether oxygens (including phenoxy) is 1. The number of nitrogens with one attached hydrogen (secondary N) is 1. The van der Waals surface area contributed by atoms with Gasteiger partial charge in [-0.2, -0.15) is 0 Å². The SMILES string of the molecule is CC(C)[C@H](NC(=O)C[C@@H]1CCC(=O)N1Cc1cccc(F)c1F)C(=O)OCc1ccc2ccccc2c1. The van der Waals surface area contributed by atoms with Gasteiger partial charge < -0.3 is 15.0 Å². The van der Waals surface area contributed by atoms with Crippen molar-refractivity contribution in [3.63, 3.8) is 0 Å². The normalized spacial score (nSPS) is 16.3. The van der Waals surface area contributed by atoms with Crippen LogP contribution in [-0.2, 0) is 32.3 Å². The van der Waals surface area contributed by atoms with Gasteiger partial charge in [-0.25, -0.2) is 13.6 Å². The lowest BCUT2D eigenvalue weighted by Gasteiger charge is -2.26. The van der Waals surface area contributed by atoms with E-state index in [4.69, 9.17) is 4.74 Å². The van der Waals surface area contributed by atoms with Gasteiger partial charge in [0.1, 0.15) is 12.6 Å². The second-order valence-corrected chi connectivity index (χ2v) is 9.71. The molecular weight excluding hydrogens is 478 g/mol. The molecule has 0 unspecified atom stereocenters.